The summed E-state index contributed by atoms with van der Waals surface area (Å²) in [5, 5.41) is 12.4. The molecule has 0 fully saturated rings. The van der Waals surface area contributed by atoms with Crippen molar-refractivity contribution in [2.75, 3.05) is 5.32 Å². The van der Waals surface area contributed by atoms with Crippen LogP contribution in [0.3, 0.4) is 0 Å². The van der Waals surface area contributed by atoms with E-state index in [0.717, 1.165) is 24.1 Å². The van der Waals surface area contributed by atoms with Gasteiger partial charge in [0.05, 0.1) is 0 Å². The summed E-state index contributed by atoms with van der Waals surface area (Å²) in [5.41, 5.74) is 3.23. The minimum atomic E-state index is -0.156. The van der Waals surface area contributed by atoms with Crippen LogP contribution < -0.4 is 5.32 Å². The van der Waals surface area contributed by atoms with Crippen molar-refractivity contribution in [2.24, 2.45) is 0 Å². The van der Waals surface area contributed by atoms with Crippen LogP contribution in [0.15, 0.2) is 42.5 Å². The number of anilines is 1. The Bertz CT molecular complexity index is 620. The van der Waals surface area contributed by atoms with Gasteiger partial charge in [-0.3, -0.25) is 4.79 Å². The zero-order chi connectivity index (χ0) is 14.5. The lowest BCUT2D eigenvalue weighted by Gasteiger charge is -2.11. The molecular weight excluding hydrogens is 250 g/mol. The Morgan fingerprint density at radius 1 is 1.20 bits per heavy atom. The fourth-order valence-electron chi connectivity index (χ4n) is 2.12. The Morgan fingerprint density at radius 2 is 1.95 bits per heavy atom. The predicted molar refractivity (Wildman–Crippen MR) is 81.2 cm³/mol. The molecule has 0 aromatic heterocycles. The van der Waals surface area contributed by atoms with Gasteiger partial charge in [-0.25, -0.2) is 0 Å². The number of rotatable bonds is 4. The maximum absolute atomic E-state index is 12.2. The van der Waals surface area contributed by atoms with Crippen molar-refractivity contribution in [2.45, 2.75) is 26.7 Å². The molecule has 2 aromatic rings. The van der Waals surface area contributed by atoms with Gasteiger partial charge in [0.15, 0.2) is 0 Å². The number of aromatic hydroxyl groups is 1. The van der Waals surface area contributed by atoms with Gasteiger partial charge in [0.25, 0.3) is 5.91 Å². The number of hydrogen-bond donors (Lipinski definition) is 2. The number of aryl methyl sites for hydroxylation is 2. The first-order chi connectivity index (χ1) is 9.61. The highest BCUT2D eigenvalue weighted by Crippen LogP contribution is 2.20. The highest BCUT2D eigenvalue weighted by Gasteiger charge is 2.09. The van der Waals surface area contributed by atoms with Crippen LogP contribution in [0.5, 0.6) is 5.75 Å². The average Bonchev–Trinajstić information content (AvgIpc) is 2.44. The Hall–Kier alpha value is -2.29. The van der Waals surface area contributed by atoms with Crippen LogP contribution in [-0.4, -0.2) is 11.0 Å². The summed E-state index contributed by atoms with van der Waals surface area (Å²) < 4.78 is 0. The van der Waals surface area contributed by atoms with Gasteiger partial charge >= 0.3 is 0 Å². The lowest BCUT2D eigenvalue weighted by atomic mass is 10.1. The highest BCUT2D eigenvalue weighted by atomic mass is 16.3. The Balaban J connectivity index is 2.21. The standard InChI is InChI=1S/C17H19NO2/c1-3-6-13-7-4-5-8-15(13)18-17(20)14-9-10-16(19)12(2)11-14/h4-5,7-11,19H,3,6H2,1-2H3,(H,18,20). The van der Waals surface area contributed by atoms with Gasteiger partial charge in [-0.05, 0) is 48.7 Å². The molecule has 0 spiro atoms. The van der Waals surface area contributed by atoms with E-state index in [9.17, 15) is 9.90 Å². The lowest BCUT2D eigenvalue weighted by Crippen LogP contribution is -2.13. The molecule has 0 atom stereocenters. The third kappa shape index (κ3) is 3.18. The minimum Gasteiger partial charge on any atom is -0.508 e. The summed E-state index contributed by atoms with van der Waals surface area (Å²) in [6, 6.07) is 12.7. The van der Waals surface area contributed by atoms with Crippen molar-refractivity contribution in [1.82, 2.24) is 0 Å². The first kappa shape index (κ1) is 14.1. The van der Waals surface area contributed by atoms with Crippen LogP contribution >= 0.6 is 0 Å². The van der Waals surface area contributed by atoms with E-state index in [1.165, 1.54) is 0 Å². The van der Waals surface area contributed by atoms with Gasteiger partial charge < -0.3 is 10.4 Å². The lowest BCUT2D eigenvalue weighted by molar-refractivity contribution is 0.102. The van der Waals surface area contributed by atoms with Crippen LogP contribution in [0.1, 0.15) is 34.8 Å². The maximum Gasteiger partial charge on any atom is 0.255 e. The summed E-state index contributed by atoms with van der Waals surface area (Å²) in [5.74, 6) is 0.0459. The topological polar surface area (TPSA) is 49.3 Å². The molecule has 2 aromatic carbocycles. The maximum atomic E-state index is 12.2. The molecule has 1 amide bonds. The number of phenolic OH excluding ortho intramolecular Hbond substituents is 1. The Kier molecular flexibility index (Phi) is 4.41. The highest BCUT2D eigenvalue weighted by molar-refractivity contribution is 6.04. The van der Waals surface area contributed by atoms with Crippen molar-refractivity contribution < 1.29 is 9.90 Å². The number of carbonyl (C=O) groups is 1. The van der Waals surface area contributed by atoms with E-state index < -0.39 is 0 Å². The van der Waals surface area contributed by atoms with E-state index in [-0.39, 0.29) is 11.7 Å². The number of amides is 1. The number of phenols is 1. The third-order valence-electron chi connectivity index (χ3n) is 3.24. The zero-order valence-electron chi connectivity index (χ0n) is 11.8. The van der Waals surface area contributed by atoms with Crippen LogP contribution in [0, 0.1) is 6.92 Å². The molecule has 2 rings (SSSR count). The first-order valence-corrected chi connectivity index (χ1v) is 6.80. The van der Waals surface area contributed by atoms with E-state index in [1.54, 1.807) is 25.1 Å². The van der Waals surface area contributed by atoms with E-state index in [2.05, 4.69) is 12.2 Å². The number of para-hydroxylation sites is 1. The van der Waals surface area contributed by atoms with Crippen LogP contribution in [0.25, 0.3) is 0 Å². The molecule has 3 nitrogen and oxygen atoms in total. The fraction of sp³-hybridized carbons (Fsp3) is 0.235. The SMILES string of the molecule is CCCc1ccccc1NC(=O)c1ccc(O)c(C)c1. The van der Waals surface area contributed by atoms with Crippen molar-refractivity contribution in [3.8, 4) is 5.75 Å². The molecule has 2 N–H and O–H groups in total. The molecule has 104 valence electrons. The van der Waals surface area contributed by atoms with E-state index >= 15 is 0 Å². The van der Waals surface area contributed by atoms with Gasteiger partial charge in [0.2, 0.25) is 0 Å². The van der Waals surface area contributed by atoms with Crippen LogP contribution in [0.2, 0.25) is 0 Å². The molecular formula is C17H19NO2. The quantitative estimate of drug-likeness (QED) is 0.884. The van der Waals surface area contributed by atoms with E-state index in [4.69, 9.17) is 0 Å². The second kappa shape index (κ2) is 6.24. The average molecular weight is 269 g/mol. The molecule has 0 aliphatic heterocycles. The number of benzene rings is 2. The number of hydrogen-bond acceptors (Lipinski definition) is 2. The molecule has 0 saturated heterocycles. The fourth-order valence-corrected chi connectivity index (χ4v) is 2.12. The number of nitrogens with one attached hydrogen (secondary N) is 1. The van der Waals surface area contributed by atoms with Crippen molar-refractivity contribution in [3.05, 3.63) is 59.2 Å². The summed E-state index contributed by atoms with van der Waals surface area (Å²) in [7, 11) is 0. The monoisotopic (exact) mass is 269 g/mol. The zero-order valence-corrected chi connectivity index (χ0v) is 11.8. The second-order valence-electron chi connectivity index (χ2n) is 4.86. The van der Waals surface area contributed by atoms with Crippen LogP contribution in [-0.2, 0) is 6.42 Å². The van der Waals surface area contributed by atoms with Crippen molar-refractivity contribution >= 4 is 11.6 Å². The molecule has 0 radical (unpaired) electrons. The summed E-state index contributed by atoms with van der Waals surface area (Å²) >= 11 is 0. The Labute approximate surface area is 119 Å². The van der Waals surface area contributed by atoms with Gasteiger partial charge in [-0.2, -0.15) is 0 Å². The first-order valence-electron chi connectivity index (χ1n) is 6.80. The summed E-state index contributed by atoms with van der Waals surface area (Å²) in [6.45, 7) is 3.89. The molecule has 0 bridgehead atoms. The van der Waals surface area contributed by atoms with Gasteiger partial charge in [-0.15, -0.1) is 0 Å². The Morgan fingerprint density at radius 3 is 2.65 bits per heavy atom. The molecule has 0 aliphatic carbocycles. The predicted octanol–water partition coefficient (Wildman–Crippen LogP) is 3.91. The normalized spacial score (nSPS) is 10.3. The van der Waals surface area contributed by atoms with Crippen molar-refractivity contribution in [1.29, 1.82) is 0 Å². The summed E-state index contributed by atoms with van der Waals surface area (Å²) in [6.07, 6.45) is 1.97. The smallest absolute Gasteiger partial charge is 0.255 e. The molecule has 0 unspecified atom stereocenters. The molecule has 20 heavy (non-hydrogen) atoms. The molecule has 3 heteroatoms. The summed E-state index contributed by atoms with van der Waals surface area (Å²) in [4.78, 5) is 12.2. The molecule has 0 heterocycles. The molecule has 0 saturated carbocycles. The van der Waals surface area contributed by atoms with E-state index in [1.807, 2.05) is 24.3 Å². The molecule has 0 aliphatic rings. The van der Waals surface area contributed by atoms with Crippen molar-refractivity contribution in [3.63, 3.8) is 0 Å². The van der Waals surface area contributed by atoms with Gasteiger partial charge in [0.1, 0.15) is 5.75 Å². The van der Waals surface area contributed by atoms with Gasteiger partial charge in [0, 0.05) is 11.3 Å². The second-order valence-corrected chi connectivity index (χ2v) is 4.86. The number of carbonyl (C=O) groups excluding carboxylic acids is 1. The third-order valence-corrected chi connectivity index (χ3v) is 3.24. The van der Waals surface area contributed by atoms with E-state index in [0.29, 0.717) is 11.1 Å². The largest absolute Gasteiger partial charge is 0.508 e. The minimum absolute atomic E-state index is 0.156. The van der Waals surface area contributed by atoms with Crippen LogP contribution in [0.4, 0.5) is 5.69 Å². The van der Waals surface area contributed by atoms with Gasteiger partial charge in [-0.1, -0.05) is 31.5 Å².